The first-order chi connectivity index (χ1) is 20.4. The van der Waals surface area contributed by atoms with E-state index in [1.165, 1.54) is 6.42 Å². The van der Waals surface area contributed by atoms with Crippen LogP contribution in [0.2, 0.25) is 0 Å². The Morgan fingerprint density at radius 1 is 1.10 bits per heavy atom. The molecular formula is C32H42BrN3O6. The van der Waals surface area contributed by atoms with Gasteiger partial charge in [-0.3, -0.25) is 9.78 Å². The molecule has 1 aromatic heterocycles. The van der Waals surface area contributed by atoms with Gasteiger partial charge in [0.2, 0.25) is 17.5 Å². The summed E-state index contributed by atoms with van der Waals surface area (Å²) in [4.78, 5) is 41.9. The molecule has 1 aliphatic heterocycles. The number of methoxy groups -OCH3 is 1. The van der Waals surface area contributed by atoms with Crippen LogP contribution in [-0.4, -0.2) is 42.2 Å². The minimum atomic E-state index is -0.896. The molecule has 9 nitrogen and oxygen atoms in total. The van der Waals surface area contributed by atoms with Gasteiger partial charge in [0, 0.05) is 60.8 Å². The molecule has 10 heteroatoms. The quantitative estimate of drug-likeness (QED) is 0.244. The average Bonchev–Trinajstić information content (AvgIpc) is 3.00. The third kappa shape index (κ3) is 5.21. The third-order valence-electron chi connectivity index (χ3n) is 10.6. The van der Waals surface area contributed by atoms with Gasteiger partial charge >= 0.3 is 0 Å². The number of fused-ring (bicyclic) bond motifs is 1. The van der Waals surface area contributed by atoms with Gasteiger partial charge < -0.3 is 15.4 Å². The topological polar surface area (TPSA) is 100 Å². The number of hydrogen-bond acceptors (Lipinski definition) is 8. The number of nitrogens with zero attached hydrogens (tertiary/aromatic N) is 1. The van der Waals surface area contributed by atoms with E-state index in [1.54, 1.807) is 13.3 Å². The molecule has 2 aromatic rings. The maximum Gasteiger partial charge on any atom is 0.239 e. The van der Waals surface area contributed by atoms with E-state index < -0.39 is 11.6 Å². The van der Waals surface area contributed by atoms with Crippen molar-refractivity contribution >= 4 is 38.4 Å². The van der Waals surface area contributed by atoms with E-state index in [9.17, 15) is 4.79 Å². The number of aromatic nitrogens is 1. The van der Waals surface area contributed by atoms with Gasteiger partial charge in [-0.2, -0.15) is 19.6 Å². The number of ether oxygens (including phenoxy) is 1. The highest BCUT2D eigenvalue weighted by Gasteiger charge is 2.64. The molecule has 228 valence electrons. The molecule has 4 bridgehead atoms. The van der Waals surface area contributed by atoms with Gasteiger partial charge in [-0.25, -0.2) is 0 Å². The Hall–Kier alpha value is -1.98. The fourth-order valence-corrected chi connectivity index (χ4v) is 9.06. The number of anilines is 1. The number of pyridine rings is 1. The van der Waals surface area contributed by atoms with E-state index in [4.69, 9.17) is 24.3 Å². The van der Waals surface area contributed by atoms with Crippen LogP contribution in [0.3, 0.4) is 0 Å². The molecule has 2 spiro atoms. The summed E-state index contributed by atoms with van der Waals surface area (Å²) < 4.78 is 6.45. The molecular weight excluding hydrogens is 602 g/mol. The fraction of sp³-hybridized carbons (Fsp3) is 0.688. The molecule has 5 saturated carbocycles. The third-order valence-corrected chi connectivity index (χ3v) is 11.4. The van der Waals surface area contributed by atoms with Gasteiger partial charge in [0.05, 0.1) is 22.8 Å². The van der Waals surface area contributed by atoms with Gasteiger partial charge in [-0.15, -0.1) is 0 Å². The lowest BCUT2D eigenvalue weighted by Crippen LogP contribution is -2.64. The van der Waals surface area contributed by atoms with Crippen LogP contribution >= 0.6 is 15.9 Å². The first-order valence-corrected chi connectivity index (χ1v) is 16.6. The van der Waals surface area contributed by atoms with Crippen molar-refractivity contribution in [2.24, 2.45) is 29.6 Å². The number of rotatable bonds is 8. The van der Waals surface area contributed by atoms with Gasteiger partial charge in [0.15, 0.2) is 0 Å². The second-order valence-electron chi connectivity index (χ2n) is 13.4. The summed E-state index contributed by atoms with van der Waals surface area (Å²) in [6, 6.07) is 6.13. The molecule has 5 aliphatic carbocycles. The molecule has 0 radical (unpaired) electrons. The van der Waals surface area contributed by atoms with E-state index in [1.807, 2.05) is 18.2 Å². The van der Waals surface area contributed by atoms with Crippen molar-refractivity contribution in [3.63, 3.8) is 0 Å². The molecule has 6 fully saturated rings. The predicted octanol–water partition coefficient (Wildman–Crippen LogP) is 6.65. The highest BCUT2D eigenvalue weighted by atomic mass is 79.9. The first kappa shape index (κ1) is 28.8. The predicted molar refractivity (Wildman–Crippen MR) is 160 cm³/mol. The Balaban J connectivity index is 0.850. The van der Waals surface area contributed by atoms with Crippen molar-refractivity contribution in [2.45, 2.75) is 95.2 Å². The van der Waals surface area contributed by atoms with Crippen LogP contribution in [0, 0.1) is 29.6 Å². The SMILES string of the molecule is COc1cc(NC(C)CCCNC(=O)C2CCC3(CC2)OOC2(OO3)C3CC4CC(C3)CC2C4)c2ncccc2c1Br. The first-order valence-electron chi connectivity index (χ1n) is 15.8. The maximum atomic E-state index is 13.0. The van der Waals surface area contributed by atoms with Crippen LogP contribution in [0.25, 0.3) is 10.9 Å². The van der Waals surface area contributed by atoms with Crippen molar-refractivity contribution < 1.29 is 29.1 Å². The Morgan fingerprint density at radius 2 is 1.79 bits per heavy atom. The average molecular weight is 645 g/mol. The summed E-state index contributed by atoms with van der Waals surface area (Å²) in [5, 5.41) is 7.74. The Bertz CT molecular complexity index is 1270. The maximum absolute atomic E-state index is 13.0. The molecule has 1 saturated heterocycles. The van der Waals surface area contributed by atoms with Gasteiger partial charge in [0.25, 0.3) is 0 Å². The fourth-order valence-electron chi connectivity index (χ4n) is 8.46. The minimum Gasteiger partial charge on any atom is -0.495 e. The molecule has 1 amide bonds. The van der Waals surface area contributed by atoms with E-state index in [0.29, 0.717) is 44.1 Å². The largest absolute Gasteiger partial charge is 0.495 e. The summed E-state index contributed by atoms with van der Waals surface area (Å²) >= 11 is 3.63. The number of carbonyl (C=O) groups excluding carboxylic acids is 1. The highest BCUT2D eigenvalue weighted by molar-refractivity contribution is 9.10. The molecule has 1 atom stereocenters. The van der Waals surface area contributed by atoms with Crippen molar-refractivity contribution in [1.29, 1.82) is 0 Å². The smallest absolute Gasteiger partial charge is 0.239 e. The van der Waals surface area contributed by atoms with Crippen molar-refractivity contribution in [3.8, 4) is 5.75 Å². The van der Waals surface area contributed by atoms with E-state index in [-0.39, 0.29) is 17.9 Å². The number of amides is 1. The van der Waals surface area contributed by atoms with Crippen LogP contribution in [0.15, 0.2) is 28.9 Å². The van der Waals surface area contributed by atoms with Crippen molar-refractivity contribution in [1.82, 2.24) is 10.3 Å². The van der Waals surface area contributed by atoms with Crippen LogP contribution in [0.1, 0.15) is 77.6 Å². The van der Waals surface area contributed by atoms with Gasteiger partial charge in [0.1, 0.15) is 5.75 Å². The van der Waals surface area contributed by atoms with Gasteiger partial charge in [-0.05, 0) is 105 Å². The van der Waals surface area contributed by atoms with Gasteiger partial charge in [-0.1, -0.05) is 0 Å². The zero-order valence-corrected chi connectivity index (χ0v) is 26.1. The molecule has 1 unspecified atom stereocenters. The number of halogens is 1. The van der Waals surface area contributed by atoms with E-state index >= 15 is 0 Å². The summed E-state index contributed by atoms with van der Waals surface area (Å²) in [6.45, 7) is 2.79. The Morgan fingerprint density at radius 3 is 2.45 bits per heavy atom. The molecule has 6 aliphatic rings. The van der Waals surface area contributed by atoms with Crippen molar-refractivity contribution in [3.05, 3.63) is 28.9 Å². The van der Waals surface area contributed by atoms with E-state index in [2.05, 4.69) is 38.5 Å². The normalized spacial score (nSPS) is 35.9. The monoisotopic (exact) mass is 643 g/mol. The van der Waals surface area contributed by atoms with Crippen LogP contribution < -0.4 is 15.4 Å². The number of carbonyl (C=O) groups is 1. The van der Waals surface area contributed by atoms with Crippen LogP contribution in [-0.2, 0) is 24.3 Å². The molecule has 2 N–H and O–H groups in total. The lowest BCUT2D eigenvalue weighted by Gasteiger charge is -2.60. The summed E-state index contributed by atoms with van der Waals surface area (Å²) in [7, 11) is 1.67. The van der Waals surface area contributed by atoms with Crippen LogP contribution in [0.4, 0.5) is 5.69 Å². The van der Waals surface area contributed by atoms with Crippen molar-refractivity contribution in [2.75, 3.05) is 19.0 Å². The van der Waals surface area contributed by atoms with Crippen LogP contribution in [0.5, 0.6) is 5.75 Å². The standard InChI is InChI=1S/C32H42BrN3O6/c1-19(36-26-18-27(38-2)28(33)25-6-4-11-34-29(25)26)5-3-12-35-30(37)22-7-9-31(10-8-22)39-41-32(42-40-31)23-14-20-13-21(16-23)17-24(32)15-20/h4,6,11,18-24,36H,3,5,7-10,12-17H2,1-2H3,(H,35,37). The summed E-state index contributed by atoms with van der Waals surface area (Å²) in [6.07, 6.45) is 12.1. The zero-order valence-electron chi connectivity index (χ0n) is 24.5. The minimum absolute atomic E-state index is 0.0527. The summed E-state index contributed by atoms with van der Waals surface area (Å²) in [5.74, 6) is 1.53. The number of hydrogen-bond donors (Lipinski definition) is 2. The Kier molecular flexibility index (Phi) is 7.88. The number of benzene rings is 1. The van der Waals surface area contributed by atoms with E-state index in [0.717, 1.165) is 77.2 Å². The summed E-state index contributed by atoms with van der Waals surface area (Å²) in [5.41, 5.74) is 1.84. The second kappa shape index (κ2) is 11.5. The zero-order chi connectivity index (χ0) is 28.9. The molecule has 42 heavy (non-hydrogen) atoms. The lowest BCUT2D eigenvalue weighted by molar-refractivity contribution is -0.680. The molecule has 2 heterocycles. The highest BCUT2D eigenvalue weighted by Crippen LogP contribution is 2.62. The molecule has 1 aromatic carbocycles. The number of nitrogens with one attached hydrogen (secondary N) is 2. The molecule has 8 rings (SSSR count). The lowest BCUT2D eigenvalue weighted by atomic mass is 9.53. The second-order valence-corrected chi connectivity index (χ2v) is 14.2. The Labute approximate surface area is 255 Å².